The Morgan fingerprint density at radius 3 is 2.65 bits per heavy atom. The first kappa shape index (κ1) is 15.7. The van der Waals surface area contributed by atoms with E-state index in [1.807, 2.05) is 30.5 Å². The fourth-order valence-electron chi connectivity index (χ4n) is 2.44. The largest absolute Gasteiger partial charge is 0.496 e. The van der Waals surface area contributed by atoms with Crippen LogP contribution in [-0.4, -0.2) is 18.6 Å². The van der Waals surface area contributed by atoms with Crippen molar-refractivity contribution in [2.45, 2.75) is 13.0 Å². The van der Waals surface area contributed by atoms with E-state index in [0.717, 1.165) is 40.7 Å². The number of rotatable bonds is 7. The maximum atomic E-state index is 5.42. The summed E-state index contributed by atoms with van der Waals surface area (Å²) >= 11 is 1.71. The fourth-order valence-corrected chi connectivity index (χ4v) is 3.35. The molecule has 0 fully saturated rings. The van der Waals surface area contributed by atoms with Crippen molar-refractivity contribution in [3.8, 4) is 16.2 Å². The van der Waals surface area contributed by atoms with Crippen LogP contribution in [0.3, 0.4) is 0 Å². The lowest BCUT2D eigenvalue weighted by Crippen LogP contribution is -2.16. The highest BCUT2D eigenvalue weighted by molar-refractivity contribution is 7.15. The molecule has 1 heterocycles. The molecule has 3 aromatic rings. The number of nitrogens with zero attached hydrogens (tertiary/aromatic N) is 1. The number of hydrogen-bond acceptors (Lipinski definition) is 4. The smallest absolute Gasteiger partial charge is 0.127 e. The maximum absolute atomic E-state index is 5.42. The van der Waals surface area contributed by atoms with Gasteiger partial charge in [-0.1, -0.05) is 42.5 Å². The van der Waals surface area contributed by atoms with Crippen molar-refractivity contribution in [3.05, 3.63) is 71.4 Å². The average Bonchev–Trinajstić information content (AvgIpc) is 3.08. The van der Waals surface area contributed by atoms with Crippen LogP contribution in [-0.2, 0) is 13.0 Å². The van der Waals surface area contributed by atoms with Crippen molar-refractivity contribution >= 4 is 11.3 Å². The molecule has 3 rings (SSSR count). The van der Waals surface area contributed by atoms with Crippen LogP contribution in [0.2, 0.25) is 0 Å². The lowest BCUT2D eigenvalue weighted by Gasteiger charge is -2.05. The quantitative estimate of drug-likeness (QED) is 0.663. The van der Waals surface area contributed by atoms with E-state index in [2.05, 4.69) is 40.6 Å². The van der Waals surface area contributed by atoms with Gasteiger partial charge in [-0.15, -0.1) is 11.3 Å². The molecule has 0 atom stereocenters. The van der Waals surface area contributed by atoms with Crippen LogP contribution < -0.4 is 10.1 Å². The highest BCUT2D eigenvalue weighted by Gasteiger charge is 2.08. The molecule has 3 nitrogen and oxygen atoms in total. The van der Waals surface area contributed by atoms with Crippen molar-refractivity contribution in [2.24, 2.45) is 0 Å². The zero-order chi connectivity index (χ0) is 15.9. The Bertz CT molecular complexity index is 740. The second-order valence-electron chi connectivity index (χ2n) is 5.23. The minimum atomic E-state index is 0.798. The third-order valence-corrected chi connectivity index (χ3v) is 4.67. The minimum Gasteiger partial charge on any atom is -0.496 e. The van der Waals surface area contributed by atoms with Crippen LogP contribution in [0, 0.1) is 0 Å². The lowest BCUT2D eigenvalue weighted by atomic mass is 10.1. The van der Waals surface area contributed by atoms with Gasteiger partial charge in [0.25, 0.3) is 0 Å². The summed E-state index contributed by atoms with van der Waals surface area (Å²) in [6.07, 6.45) is 2.96. The van der Waals surface area contributed by atoms with Crippen LogP contribution in [0.5, 0.6) is 5.75 Å². The van der Waals surface area contributed by atoms with Crippen LogP contribution in [0.15, 0.2) is 60.8 Å². The molecule has 0 aliphatic heterocycles. The number of thiazole rings is 1. The van der Waals surface area contributed by atoms with Crippen molar-refractivity contribution < 1.29 is 4.74 Å². The van der Waals surface area contributed by atoms with Gasteiger partial charge in [-0.3, -0.25) is 0 Å². The van der Waals surface area contributed by atoms with Gasteiger partial charge in [0.15, 0.2) is 0 Å². The number of hydrogen-bond donors (Lipinski definition) is 1. The fraction of sp³-hybridized carbons (Fsp3) is 0.211. The predicted molar refractivity (Wildman–Crippen MR) is 96.0 cm³/mol. The first-order valence-corrected chi connectivity index (χ1v) is 8.51. The number of benzene rings is 2. The van der Waals surface area contributed by atoms with Gasteiger partial charge < -0.3 is 10.1 Å². The van der Waals surface area contributed by atoms with Crippen molar-refractivity contribution in [3.63, 3.8) is 0 Å². The second-order valence-corrected chi connectivity index (χ2v) is 6.35. The SMILES string of the molecule is COc1ccccc1-c1cnc(CNCCc2ccccc2)s1. The Hall–Kier alpha value is -2.17. The Kier molecular flexibility index (Phi) is 5.40. The van der Waals surface area contributed by atoms with Gasteiger partial charge in [0.05, 0.1) is 12.0 Å². The summed E-state index contributed by atoms with van der Waals surface area (Å²) < 4.78 is 5.42. The van der Waals surface area contributed by atoms with Gasteiger partial charge >= 0.3 is 0 Å². The highest BCUT2D eigenvalue weighted by Crippen LogP contribution is 2.33. The molecule has 0 saturated carbocycles. The summed E-state index contributed by atoms with van der Waals surface area (Å²) in [5.74, 6) is 0.889. The molecule has 0 saturated heterocycles. The van der Waals surface area contributed by atoms with E-state index in [1.54, 1.807) is 18.4 Å². The molecule has 0 aliphatic rings. The minimum absolute atomic E-state index is 0.798. The van der Waals surface area contributed by atoms with E-state index in [-0.39, 0.29) is 0 Å². The molecule has 0 unspecified atom stereocenters. The Balaban J connectivity index is 1.55. The molecule has 0 bridgehead atoms. The number of aromatic nitrogens is 1. The normalized spacial score (nSPS) is 10.7. The Morgan fingerprint density at radius 2 is 1.83 bits per heavy atom. The van der Waals surface area contributed by atoms with Gasteiger partial charge in [0.2, 0.25) is 0 Å². The summed E-state index contributed by atoms with van der Waals surface area (Å²) in [5, 5.41) is 4.56. The van der Waals surface area contributed by atoms with E-state index in [4.69, 9.17) is 4.74 Å². The molecule has 23 heavy (non-hydrogen) atoms. The molecular formula is C19H20N2OS. The summed E-state index contributed by atoms with van der Waals surface area (Å²) in [7, 11) is 1.70. The third kappa shape index (κ3) is 4.18. The molecule has 2 aromatic carbocycles. The van der Waals surface area contributed by atoms with E-state index < -0.39 is 0 Å². The molecule has 118 valence electrons. The van der Waals surface area contributed by atoms with Crippen molar-refractivity contribution in [1.29, 1.82) is 0 Å². The standard InChI is InChI=1S/C19H20N2OS/c1-22-17-10-6-5-9-16(17)18-13-21-19(23-18)14-20-12-11-15-7-3-2-4-8-15/h2-10,13,20H,11-12,14H2,1H3. The average molecular weight is 324 g/mol. The third-order valence-electron chi connectivity index (χ3n) is 3.64. The topological polar surface area (TPSA) is 34.1 Å². The lowest BCUT2D eigenvalue weighted by molar-refractivity contribution is 0.416. The summed E-state index contributed by atoms with van der Waals surface area (Å²) in [6, 6.07) is 18.6. The predicted octanol–water partition coefficient (Wildman–Crippen LogP) is 4.15. The molecule has 0 spiro atoms. The number of methoxy groups -OCH3 is 1. The zero-order valence-electron chi connectivity index (χ0n) is 13.2. The van der Waals surface area contributed by atoms with Gasteiger partial charge in [-0.25, -0.2) is 4.98 Å². The van der Waals surface area contributed by atoms with Gasteiger partial charge in [0.1, 0.15) is 10.8 Å². The number of para-hydroxylation sites is 1. The number of ether oxygens (including phenoxy) is 1. The van der Waals surface area contributed by atoms with Gasteiger partial charge in [0, 0.05) is 18.3 Å². The molecule has 1 N–H and O–H groups in total. The van der Waals surface area contributed by atoms with Gasteiger partial charge in [-0.2, -0.15) is 0 Å². The molecule has 1 aromatic heterocycles. The number of nitrogens with one attached hydrogen (secondary N) is 1. The molecule has 0 radical (unpaired) electrons. The Morgan fingerprint density at radius 1 is 1.04 bits per heavy atom. The monoisotopic (exact) mass is 324 g/mol. The molecular weight excluding hydrogens is 304 g/mol. The summed E-state index contributed by atoms with van der Waals surface area (Å²) in [5.41, 5.74) is 2.46. The summed E-state index contributed by atoms with van der Waals surface area (Å²) in [6.45, 7) is 1.75. The molecule has 4 heteroatoms. The second kappa shape index (κ2) is 7.90. The first-order valence-electron chi connectivity index (χ1n) is 7.69. The van der Waals surface area contributed by atoms with Crippen LogP contribution in [0.4, 0.5) is 0 Å². The zero-order valence-corrected chi connectivity index (χ0v) is 14.0. The van der Waals surface area contributed by atoms with E-state index in [1.165, 1.54) is 5.56 Å². The maximum Gasteiger partial charge on any atom is 0.127 e. The van der Waals surface area contributed by atoms with Crippen LogP contribution >= 0.6 is 11.3 Å². The van der Waals surface area contributed by atoms with Crippen molar-refractivity contribution in [2.75, 3.05) is 13.7 Å². The van der Waals surface area contributed by atoms with Crippen molar-refractivity contribution in [1.82, 2.24) is 10.3 Å². The summed E-state index contributed by atoms with van der Waals surface area (Å²) in [4.78, 5) is 5.65. The molecule has 0 aliphatic carbocycles. The first-order chi connectivity index (χ1) is 11.4. The van der Waals surface area contributed by atoms with E-state index >= 15 is 0 Å². The van der Waals surface area contributed by atoms with Crippen LogP contribution in [0.25, 0.3) is 10.4 Å². The molecule has 0 amide bonds. The van der Waals surface area contributed by atoms with E-state index in [0.29, 0.717) is 0 Å². The van der Waals surface area contributed by atoms with Gasteiger partial charge in [-0.05, 0) is 30.7 Å². The van der Waals surface area contributed by atoms with Crippen LogP contribution in [0.1, 0.15) is 10.6 Å². The Labute approximate surface area is 141 Å². The van der Waals surface area contributed by atoms with E-state index in [9.17, 15) is 0 Å². The highest BCUT2D eigenvalue weighted by atomic mass is 32.1.